The first-order valence-electron chi connectivity index (χ1n) is 4.60. The number of halogens is 1. The standard InChI is InChI=1S/C10H7BrN2O2S2/c11-7-4-2-1-3-6(7)9-12-13-10(17-9)16-5-8(14)15/h1-4H,5H2,(H,14,15). The molecule has 0 atom stereocenters. The fourth-order valence-corrected chi connectivity index (χ4v) is 3.35. The average Bonchev–Trinajstić information content (AvgIpc) is 2.75. The number of hydrogen-bond donors (Lipinski definition) is 1. The summed E-state index contributed by atoms with van der Waals surface area (Å²) in [4.78, 5) is 10.4. The zero-order valence-corrected chi connectivity index (χ0v) is 11.7. The van der Waals surface area contributed by atoms with E-state index in [1.807, 2.05) is 24.3 Å². The van der Waals surface area contributed by atoms with Crippen molar-refractivity contribution in [2.24, 2.45) is 0 Å². The van der Waals surface area contributed by atoms with Crippen LogP contribution in [-0.4, -0.2) is 27.0 Å². The Morgan fingerprint density at radius 1 is 1.41 bits per heavy atom. The number of carbonyl (C=O) groups is 1. The Balaban J connectivity index is 2.18. The normalized spacial score (nSPS) is 10.4. The molecule has 1 aromatic heterocycles. The van der Waals surface area contributed by atoms with Gasteiger partial charge < -0.3 is 5.11 Å². The van der Waals surface area contributed by atoms with E-state index in [-0.39, 0.29) is 5.75 Å². The van der Waals surface area contributed by atoms with Gasteiger partial charge in [0.2, 0.25) is 0 Å². The summed E-state index contributed by atoms with van der Waals surface area (Å²) in [7, 11) is 0. The van der Waals surface area contributed by atoms with Crippen molar-refractivity contribution < 1.29 is 9.90 Å². The highest BCUT2D eigenvalue weighted by atomic mass is 79.9. The molecule has 0 saturated carbocycles. The molecule has 2 rings (SSSR count). The smallest absolute Gasteiger partial charge is 0.313 e. The molecule has 17 heavy (non-hydrogen) atoms. The van der Waals surface area contributed by atoms with Crippen molar-refractivity contribution in [2.75, 3.05) is 5.75 Å². The van der Waals surface area contributed by atoms with Crippen LogP contribution in [0.2, 0.25) is 0 Å². The first-order valence-corrected chi connectivity index (χ1v) is 7.19. The van der Waals surface area contributed by atoms with Gasteiger partial charge in [0, 0.05) is 10.0 Å². The molecule has 0 saturated heterocycles. The maximum absolute atomic E-state index is 10.4. The number of carboxylic acids is 1. The zero-order valence-electron chi connectivity index (χ0n) is 8.46. The molecule has 0 aliphatic carbocycles. The van der Waals surface area contributed by atoms with Gasteiger partial charge in [-0.1, -0.05) is 57.2 Å². The Morgan fingerprint density at radius 3 is 2.88 bits per heavy atom. The first-order chi connectivity index (χ1) is 8.16. The Morgan fingerprint density at radius 2 is 2.18 bits per heavy atom. The van der Waals surface area contributed by atoms with Crippen LogP contribution in [0.1, 0.15) is 0 Å². The molecule has 0 unspecified atom stereocenters. The predicted octanol–water partition coefficient (Wildman–Crippen LogP) is 3.14. The highest BCUT2D eigenvalue weighted by Crippen LogP contribution is 2.33. The highest BCUT2D eigenvalue weighted by molar-refractivity contribution is 9.10. The summed E-state index contributed by atoms with van der Waals surface area (Å²) in [5, 5.41) is 17.4. The third-order valence-electron chi connectivity index (χ3n) is 1.83. The largest absolute Gasteiger partial charge is 0.481 e. The van der Waals surface area contributed by atoms with E-state index in [0.717, 1.165) is 15.0 Å². The van der Waals surface area contributed by atoms with Crippen LogP contribution in [0.4, 0.5) is 0 Å². The van der Waals surface area contributed by atoms with E-state index in [4.69, 9.17) is 5.11 Å². The summed E-state index contributed by atoms with van der Waals surface area (Å²) in [5.74, 6) is -0.849. The number of aliphatic carboxylic acids is 1. The van der Waals surface area contributed by atoms with Crippen LogP contribution >= 0.6 is 39.0 Å². The summed E-state index contributed by atoms with van der Waals surface area (Å²) in [5.41, 5.74) is 0.965. The molecule has 4 nitrogen and oxygen atoms in total. The lowest BCUT2D eigenvalue weighted by atomic mass is 10.2. The molecule has 1 N–H and O–H groups in total. The maximum Gasteiger partial charge on any atom is 0.313 e. The third-order valence-corrected chi connectivity index (χ3v) is 4.60. The number of nitrogens with zero attached hydrogens (tertiary/aromatic N) is 2. The van der Waals surface area contributed by atoms with E-state index in [1.165, 1.54) is 23.1 Å². The summed E-state index contributed by atoms with van der Waals surface area (Å²) < 4.78 is 1.61. The fraction of sp³-hybridized carbons (Fsp3) is 0.100. The van der Waals surface area contributed by atoms with Gasteiger partial charge in [0.1, 0.15) is 5.01 Å². The number of aromatic nitrogens is 2. The van der Waals surface area contributed by atoms with E-state index >= 15 is 0 Å². The van der Waals surface area contributed by atoms with Crippen LogP contribution < -0.4 is 0 Å². The summed E-state index contributed by atoms with van der Waals surface area (Å²) in [6.45, 7) is 0. The molecule has 0 fully saturated rings. The predicted molar refractivity (Wildman–Crippen MR) is 71.4 cm³/mol. The summed E-state index contributed by atoms with van der Waals surface area (Å²) in [6.07, 6.45) is 0. The van der Waals surface area contributed by atoms with Gasteiger partial charge in [0.15, 0.2) is 4.34 Å². The van der Waals surface area contributed by atoms with Gasteiger partial charge in [0.25, 0.3) is 0 Å². The molecule has 7 heteroatoms. The van der Waals surface area contributed by atoms with E-state index in [9.17, 15) is 4.79 Å². The second kappa shape index (κ2) is 5.61. The minimum Gasteiger partial charge on any atom is -0.481 e. The maximum atomic E-state index is 10.4. The summed E-state index contributed by atoms with van der Waals surface area (Å²) in [6, 6.07) is 7.72. The molecule has 1 aromatic carbocycles. The molecule has 0 bridgehead atoms. The molecule has 0 radical (unpaired) electrons. The number of benzene rings is 1. The number of hydrogen-bond acceptors (Lipinski definition) is 5. The fourth-order valence-electron chi connectivity index (χ4n) is 1.14. The second-order valence-corrected chi connectivity index (χ2v) is 6.09. The number of rotatable bonds is 4. The minimum absolute atomic E-state index is 0.00456. The Hall–Kier alpha value is -0.920. The molecule has 0 aliphatic rings. The molecule has 0 aliphatic heterocycles. The minimum atomic E-state index is -0.854. The van der Waals surface area contributed by atoms with E-state index in [2.05, 4.69) is 26.1 Å². The number of thioether (sulfide) groups is 1. The lowest BCUT2D eigenvalue weighted by Crippen LogP contribution is -1.96. The van der Waals surface area contributed by atoms with E-state index < -0.39 is 5.97 Å². The molecule has 0 spiro atoms. The lowest BCUT2D eigenvalue weighted by Gasteiger charge is -1.97. The molecule has 1 heterocycles. The van der Waals surface area contributed by atoms with Gasteiger partial charge in [-0.2, -0.15) is 0 Å². The van der Waals surface area contributed by atoms with Gasteiger partial charge in [-0.15, -0.1) is 10.2 Å². The number of carboxylic acid groups (broad SMARTS) is 1. The summed E-state index contributed by atoms with van der Waals surface area (Å²) >= 11 is 6.01. The van der Waals surface area contributed by atoms with Gasteiger partial charge >= 0.3 is 5.97 Å². The molecule has 0 amide bonds. The van der Waals surface area contributed by atoms with Crippen molar-refractivity contribution in [3.63, 3.8) is 0 Å². The van der Waals surface area contributed by atoms with E-state index in [0.29, 0.717) is 4.34 Å². The molecule has 2 aromatic rings. The van der Waals surface area contributed by atoms with Crippen molar-refractivity contribution >= 4 is 45.0 Å². The van der Waals surface area contributed by atoms with Crippen LogP contribution in [-0.2, 0) is 4.79 Å². The lowest BCUT2D eigenvalue weighted by molar-refractivity contribution is -0.133. The monoisotopic (exact) mass is 330 g/mol. The van der Waals surface area contributed by atoms with Crippen molar-refractivity contribution in [3.05, 3.63) is 28.7 Å². The molecular weight excluding hydrogens is 324 g/mol. The van der Waals surface area contributed by atoms with Crippen molar-refractivity contribution in [3.8, 4) is 10.6 Å². The Kier molecular flexibility index (Phi) is 4.14. The Bertz CT molecular complexity index is 545. The third kappa shape index (κ3) is 3.27. The quantitative estimate of drug-likeness (QED) is 0.872. The molecular formula is C10H7BrN2O2S2. The van der Waals surface area contributed by atoms with Crippen LogP contribution in [0, 0.1) is 0 Å². The van der Waals surface area contributed by atoms with Crippen molar-refractivity contribution in [1.29, 1.82) is 0 Å². The van der Waals surface area contributed by atoms with Crippen LogP contribution in [0.3, 0.4) is 0 Å². The topological polar surface area (TPSA) is 63.1 Å². The van der Waals surface area contributed by atoms with Crippen LogP contribution in [0.25, 0.3) is 10.6 Å². The van der Waals surface area contributed by atoms with Gasteiger partial charge in [-0.3, -0.25) is 4.79 Å². The van der Waals surface area contributed by atoms with E-state index in [1.54, 1.807) is 0 Å². The average molecular weight is 331 g/mol. The zero-order chi connectivity index (χ0) is 12.3. The first kappa shape index (κ1) is 12.5. The van der Waals surface area contributed by atoms with Gasteiger partial charge in [-0.25, -0.2) is 0 Å². The van der Waals surface area contributed by atoms with Crippen molar-refractivity contribution in [2.45, 2.75) is 4.34 Å². The molecule has 88 valence electrons. The Labute approximate surface area is 114 Å². The van der Waals surface area contributed by atoms with Crippen LogP contribution in [0.5, 0.6) is 0 Å². The van der Waals surface area contributed by atoms with Crippen LogP contribution in [0.15, 0.2) is 33.1 Å². The van der Waals surface area contributed by atoms with Gasteiger partial charge in [-0.05, 0) is 6.07 Å². The van der Waals surface area contributed by atoms with Gasteiger partial charge in [0.05, 0.1) is 5.75 Å². The second-order valence-electron chi connectivity index (χ2n) is 3.04. The highest BCUT2D eigenvalue weighted by Gasteiger charge is 2.10. The SMILES string of the molecule is O=C(O)CSc1nnc(-c2ccccc2Br)s1. The van der Waals surface area contributed by atoms with Crippen molar-refractivity contribution in [1.82, 2.24) is 10.2 Å².